The lowest BCUT2D eigenvalue weighted by molar-refractivity contribution is -0.158. The number of H-pyrrole nitrogens is 1. The van der Waals surface area contributed by atoms with E-state index in [-0.39, 0.29) is 5.56 Å². The van der Waals surface area contributed by atoms with Crippen molar-refractivity contribution in [3.63, 3.8) is 0 Å². The van der Waals surface area contributed by atoms with Crippen molar-refractivity contribution in [3.8, 4) is 5.75 Å². The smallest absolute Gasteiger partial charge is 0.317 e. The van der Waals surface area contributed by atoms with Crippen molar-refractivity contribution < 1.29 is 14.3 Å². The fraction of sp³-hybridized carbons (Fsp3) is 0.250. The molecule has 1 aromatic carbocycles. The van der Waals surface area contributed by atoms with Crippen molar-refractivity contribution in [2.75, 3.05) is 7.11 Å². The first-order valence-electron chi connectivity index (χ1n) is 8.84. The summed E-state index contributed by atoms with van der Waals surface area (Å²) < 4.78 is 13.3. The molecule has 28 heavy (non-hydrogen) atoms. The highest BCUT2D eigenvalue weighted by atomic mass is 32.1. The molecule has 7 nitrogen and oxygen atoms in total. The van der Waals surface area contributed by atoms with E-state index in [1.807, 2.05) is 36.4 Å². The highest BCUT2D eigenvalue weighted by molar-refractivity contribution is 7.07. The standard InChI is InChI=1S/C20H17N3O4S/c1-20-15(18(25)26-2)16(12-7-3-4-8-13(12)27-20)23-17(24)14(28-19(23)22-20)10-11-6-5-9-21-11/h3-10,15-16,21H,1-2H3. The van der Waals surface area contributed by atoms with Gasteiger partial charge in [0, 0.05) is 17.5 Å². The van der Waals surface area contributed by atoms with Crippen LogP contribution in [-0.4, -0.2) is 28.4 Å². The average molecular weight is 395 g/mol. The number of aromatic amines is 1. The van der Waals surface area contributed by atoms with Crippen molar-refractivity contribution in [1.29, 1.82) is 0 Å². The molecule has 4 heterocycles. The van der Waals surface area contributed by atoms with Gasteiger partial charge in [0.1, 0.15) is 11.7 Å². The van der Waals surface area contributed by atoms with Gasteiger partial charge in [-0.25, -0.2) is 4.99 Å². The Labute approximate surface area is 163 Å². The molecule has 3 aromatic rings. The topological polar surface area (TPSA) is 85.7 Å². The molecule has 0 radical (unpaired) electrons. The van der Waals surface area contributed by atoms with E-state index < -0.39 is 23.7 Å². The minimum Gasteiger partial charge on any atom is -0.469 e. The molecule has 3 atom stereocenters. The van der Waals surface area contributed by atoms with E-state index in [9.17, 15) is 9.59 Å². The van der Waals surface area contributed by atoms with E-state index in [2.05, 4.69) is 9.98 Å². The predicted octanol–water partition coefficient (Wildman–Crippen LogP) is 1.19. The van der Waals surface area contributed by atoms with Gasteiger partial charge in [0.2, 0.25) is 5.72 Å². The van der Waals surface area contributed by atoms with E-state index in [1.54, 1.807) is 23.8 Å². The Kier molecular flexibility index (Phi) is 3.60. The second kappa shape index (κ2) is 5.93. The third kappa shape index (κ3) is 2.31. The Hall–Kier alpha value is -3.13. The molecule has 2 aliphatic heterocycles. The first kappa shape index (κ1) is 17.0. The molecule has 0 saturated carbocycles. The average Bonchev–Trinajstić information content (AvgIpc) is 3.28. The first-order valence-corrected chi connectivity index (χ1v) is 9.65. The molecule has 142 valence electrons. The number of esters is 1. The maximum absolute atomic E-state index is 13.3. The molecule has 3 unspecified atom stereocenters. The van der Waals surface area contributed by atoms with Crippen LogP contribution in [0, 0.1) is 5.92 Å². The van der Waals surface area contributed by atoms with Crippen LogP contribution >= 0.6 is 11.3 Å². The Morgan fingerprint density at radius 3 is 2.93 bits per heavy atom. The van der Waals surface area contributed by atoms with Crippen LogP contribution in [0.5, 0.6) is 5.75 Å². The highest BCUT2D eigenvalue weighted by Crippen LogP contribution is 2.47. The number of carbonyl (C=O) groups is 1. The summed E-state index contributed by atoms with van der Waals surface area (Å²) in [6.07, 6.45) is 3.59. The maximum Gasteiger partial charge on any atom is 0.317 e. The highest BCUT2D eigenvalue weighted by Gasteiger charge is 2.55. The molecule has 0 amide bonds. The van der Waals surface area contributed by atoms with Crippen LogP contribution in [0.25, 0.3) is 6.08 Å². The first-order chi connectivity index (χ1) is 13.5. The third-order valence-electron chi connectivity index (χ3n) is 5.24. The van der Waals surface area contributed by atoms with Gasteiger partial charge in [-0.3, -0.25) is 14.2 Å². The summed E-state index contributed by atoms with van der Waals surface area (Å²) in [5.41, 5.74) is 0.271. The van der Waals surface area contributed by atoms with E-state index in [4.69, 9.17) is 9.47 Å². The van der Waals surface area contributed by atoms with Gasteiger partial charge >= 0.3 is 5.97 Å². The summed E-state index contributed by atoms with van der Waals surface area (Å²) >= 11 is 1.29. The van der Waals surface area contributed by atoms with Gasteiger partial charge < -0.3 is 14.5 Å². The number of aromatic nitrogens is 2. The van der Waals surface area contributed by atoms with Crippen LogP contribution in [0.4, 0.5) is 0 Å². The molecule has 2 aromatic heterocycles. The van der Waals surface area contributed by atoms with E-state index >= 15 is 0 Å². The Morgan fingerprint density at radius 2 is 2.18 bits per heavy atom. The van der Waals surface area contributed by atoms with Crippen LogP contribution in [0.2, 0.25) is 0 Å². The largest absolute Gasteiger partial charge is 0.469 e. The van der Waals surface area contributed by atoms with Gasteiger partial charge in [0.05, 0.1) is 17.7 Å². The number of nitrogens with zero attached hydrogens (tertiary/aromatic N) is 2. The molecule has 0 fully saturated rings. The number of carbonyl (C=O) groups excluding carboxylic acids is 1. The van der Waals surface area contributed by atoms with Crippen molar-refractivity contribution in [2.24, 2.45) is 10.9 Å². The Morgan fingerprint density at radius 1 is 1.36 bits per heavy atom. The molecule has 5 rings (SSSR count). The van der Waals surface area contributed by atoms with Gasteiger partial charge in [-0.2, -0.15) is 0 Å². The molecule has 0 spiro atoms. The maximum atomic E-state index is 13.3. The minimum atomic E-state index is -1.15. The molecule has 0 saturated heterocycles. The van der Waals surface area contributed by atoms with Crippen LogP contribution in [0.3, 0.4) is 0 Å². The van der Waals surface area contributed by atoms with Crippen molar-refractivity contribution in [3.05, 3.63) is 73.5 Å². The lowest BCUT2D eigenvalue weighted by atomic mass is 9.81. The SMILES string of the molecule is COC(=O)C1C2c3ccccc3OC1(C)N=c1sc(=Cc3ccc[nH]3)c(=O)n12. The number of hydrogen-bond acceptors (Lipinski definition) is 6. The summed E-state index contributed by atoms with van der Waals surface area (Å²) in [6.45, 7) is 1.76. The minimum absolute atomic E-state index is 0.184. The van der Waals surface area contributed by atoms with Gasteiger partial charge in [-0.05, 0) is 31.2 Å². The number of ether oxygens (including phenoxy) is 2. The van der Waals surface area contributed by atoms with Crippen molar-refractivity contribution in [1.82, 2.24) is 9.55 Å². The number of fused-ring (bicyclic) bond motifs is 6. The lowest BCUT2D eigenvalue weighted by Gasteiger charge is -2.44. The number of thiazole rings is 1. The van der Waals surface area contributed by atoms with Gasteiger partial charge in [-0.1, -0.05) is 29.5 Å². The number of nitrogens with one attached hydrogen (secondary N) is 1. The van der Waals surface area contributed by atoms with E-state index in [1.165, 1.54) is 18.4 Å². The molecular formula is C20H17N3O4S. The fourth-order valence-corrected chi connectivity index (χ4v) is 5.10. The van der Waals surface area contributed by atoms with Crippen LogP contribution in [0.1, 0.15) is 24.2 Å². The molecule has 2 aliphatic rings. The van der Waals surface area contributed by atoms with Crippen LogP contribution in [-0.2, 0) is 9.53 Å². The summed E-state index contributed by atoms with van der Waals surface area (Å²) in [7, 11) is 1.34. The second-order valence-electron chi connectivity index (χ2n) is 6.95. The number of rotatable bonds is 2. The summed E-state index contributed by atoms with van der Waals surface area (Å²) in [6, 6.07) is 10.7. The van der Waals surface area contributed by atoms with Crippen molar-refractivity contribution in [2.45, 2.75) is 18.7 Å². The normalized spacial score (nSPS) is 25.3. The quantitative estimate of drug-likeness (QED) is 0.661. The number of para-hydroxylation sites is 1. The van der Waals surface area contributed by atoms with Gasteiger partial charge in [-0.15, -0.1) is 0 Å². The molecule has 8 heteroatoms. The zero-order valence-corrected chi connectivity index (χ0v) is 16.0. The Balaban J connectivity index is 1.83. The zero-order chi connectivity index (χ0) is 19.5. The van der Waals surface area contributed by atoms with E-state index in [0.29, 0.717) is 15.1 Å². The van der Waals surface area contributed by atoms with Gasteiger partial charge in [0.15, 0.2) is 4.80 Å². The Bertz CT molecular complexity index is 1260. The van der Waals surface area contributed by atoms with Crippen LogP contribution < -0.4 is 19.6 Å². The fourth-order valence-electron chi connectivity index (χ4n) is 4.01. The predicted molar refractivity (Wildman–Crippen MR) is 103 cm³/mol. The van der Waals surface area contributed by atoms with Crippen molar-refractivity contribution >= 4 is 23.4 Å². The number of methoxy groups -OCH3 is 1. The summed E-state index contributed by atoms with van der Waals surface area (Å²) in [5, 5.41) is 0. The number of benzene rings is 1. The molecule has 1 N–H and O–H groups in total. The molecule has 2 bridgehead atoms. The van der Waals surface area contributed by atoms with Gasteiger partial charge in [0.25, 0.3) is 5.56 Å². The third-order valence-corrected chi connectivity index (χ3v) is 6.23. The summed E-state index contributed by atoms with van der Waals surface area (Å²) in [5.74, 6) is -0.590. The second-order valence-corrected chi connectivity index (χ2v) is 7.95. The monoisotopic (exact) mass is 395 g/mol. The zero-order valence-electron chi connectivity index (χ0n) is 15.2. The molecule has 0 aliphatic carbocycles. The molecular weight excluding hydrogens is 378 g/mol. The number of hydrogen-bond donors (Lipinski definition) is 1. The van der Waals surface area contributed by atoms with E-state index in [0.717, 1.165) is 11.3 Å². The summed E-state index contributed by atoms with van der Waals surface area (Å²) in [4.78, 5) is 34.3. The lowest BCUT2D eigenvalue weighted by Crippen LogP contribution is -2.58. The van der Waals surface area contributed by atoms with Crippen LogP contribution in [0.15, 0.2) is 52.4 Å².